The normalized spacial score (nSPS) is 12.4. The molecule has 1 atom stereocenters. The summed E-state index contributed by atoms with van der Waals surface area (Å²) in [6, 6.07) is 3.71. The molecule has 0 radical (unpaired) electrons. The number of carbonyl (C=O) groups excluding carboxylic acids is 1. The first kappa shape index (κ1) is 21.2. The molecule has 0 aliphatic heterocycles. The van der Waals surface area contributed by atoms with Crippen LogP contribution >= 0.6 is 27.3 Å². The average Bonchev–Trinajstić information content (AvgIpc) is 3.38. The molecule has 1 unspecified atom stereocenters. The SMILES string of the molecule is O=C(Cn1c(=O)ccc2cnc(C(F)C(F)F)cc21)Nc1scc(Br)c1-c1ncn[nH]1. The molecule has 2 N–H and O–H groups in total. The number of nitrogens with one attached hydrogen (secondary N) is 2. The fraction of sp³-hybridized carbons (Fsp3) is 0.167. The van der Waals surface area contributed by atoms with Crippen LogP contribution in [-0.2, 0) is 11.3 Å². The van der Waals surface area contributed by atoms with E-state index in [4.69, 9.17) is 0 Å². The number of carbonyl (C=O) groups is 1. The van der Waals surface area contributed by atoms with Crippen LogP contribution in [0.3, 0.4) is 0 Å². The van der Waals surface area contributed by atoms with Gasteiger partial charge in [0.1, 0.15) is 17.9 Å². The Morgan fingerprint density at radius 3 is 2.81 bits per heavy atom. The van der Waals surface area contributed by atoms with Crippen LogP contribution in [0, 0.1) is 0 Å². The second-order valence-corrected chi connectivity index (χ2v) is 8.07. The van der Waals surface area contributed by atoms with Gasteiger partial charge in [0, 0.05) is 27.5 Å². The highest BCUT2D eigenvalue weighted by Gasteiger charge is 2.24. The average molecular weight is 513 g/mol. The van der Waals surface area contributed by atoms with Gasteiger partial charge in [0.25, 0.3) is 12.0 Å². The number of fused-ring (bicyclic) bond motifs is 1. The highest BCUT2D eigenvalue weighted by Crippen LogP contribution is 2.38. The topological polar surface area (TPSA) is 106 Å². The first-order valence-electron chi connectivity index (χ1n) is 8.69. The van der Waals surface area contributed by atoms with Crippen LogP contribution in [0.1, 0.15) is 11.9 Å². The van der Waals surface area contributed by atoms with E-state index in [1.54, 1.807) is 5.38 Å². The van der Waals surface area contributed by atoms with Crippen molar-refractivity contribution in [2.45, 2.75) is 19.1 Å². The second kappa shape index (κ2) is 8.59. The summed E-state index contributed by atoms with van der Waals surface area (Å²) in [6.45, 7) is -0.420. The van der Waals surface area contributed by atoms with E-state index in [1.807, 2.05) is 0 Å². The van der Waals surface area contributed by atoms with Crippen molar-refractivity contribution in [2.75, 3.05) is 5.32 Å². The first-order valence-corrected chi connectivity index (χ1v) is 10.4. The number of hydrogen-bond donors (Lipinski definition) is 2. The van der Waals surface area contributed by atoms with Gasteiger partial charge in [0.05, 0.1) is 16.8 Å². The van der Waals surface area contributed by atoms with E-state index >= 15 is 0 Å². The van der Waals surface area contributed by atoms with Gasteiger partial charge in [0.2, 0.25) is 12.1 Å². The highest BCUT2D eigenvalue weighted by atomic mass is 79.9. The second-order valence-electron chi connectivity index (χ2n) is 6.33. The van der Waals surface area contributed by atoms with Gasteiger partial charge in [-0.25, -0.2) is 18.2 Å². The number of anilines is 1. The minimum Gasteiger partial charge on any atom is -0.315 e. The van der Waals surface area contributed by atoms with Crippen molar-refractivity contribution in [3.63, 3.8) is 0 Å². The molecule has 0 bridgehead atoms. The number of thiophene rings is 1. The minimum absolute atomic E-state index is 0.124. The van der Waals surface area contributed by atoms with Crippen LogP contribution < -0.4 is 10.9 Å². The predicted molar refractivity (Wildman–Crippen MR) is 112 cm³/mol. The molecule has 13 heteroatoms. The van der Waals surface area contributed by atoms with Crippen LogP contribution in [0.15, 0.2) is 45.4 Å². The molecule has 4 rings (SSSR count). The molecule has 0 aliphatic carbocycles. The van der Waals surface area contributed by atoms with Crippen molar-refractivity contribution in [1.29, 1.82) is 0 Å². The first-order chi connectivity index (χ1) is 14.8. The van der Waals surface area contributed by atoms with Crippen molar-refractivity contribution in [3.8, 4) is 11.4 Å². The number of amides is 1. The van der Waals surface area contributed by atoms with Gasteiger partial charge < -0.3 is 5.32 Å². The van der Waals surface area contributed by atoms with E-state index in [9.17, 15) is 22.8 Å². The molecule has 4 aromatic heterocycles. The van der Waals surface area contributed by atoms with Crippen molar-refractivity contribution in [3.05, 3.63) is 56.6 Å². The van der Waals surface area contributed by atoms with Crippen LogP contribution in [0.4, 0.5) is 18.2 Å². The summed E-state index contributed by atoms with van der Waals surface area (Å²) in [4.78, 5) is 32.9. The summed E-state index contributed by atoms with van der Waals surface area (Å²) >= 11 is 4.62. The summed E-state index contributed by atoms with van der Waals surface area (Å²) in [6.07, 6.45) is -3.35. The molecule has 4 aromatic rings. The lowest BCUT2D eigenvalue weighted by Gasteiger charge is -2.13. The standard InChI is InChI=1S/C18H12BrF3N6O2S/c19-9-6-31-18(14(9)17-24-7-25-27-17)26-12(29)5-28-11-3-10(15(20)16(21)22)23-4-8(11)1-2-13(28)30/h1-4,6-7,15-16H,5H2,(H,26,29)(H,24,25,27). The molecule has 0 saturated heterocycles. The molecule has 0 aliphatic rings. The quantitative estimate of drug-likeness (QED) is 0.407. The number of alkyl halides is 3. The lowest BCUT2D eigenvalue weighted by molar-refractivity contribution is -0.116. The number of nitrogens with zero attached hydrogens (tertiary/aromatic N) is 4. The summed E-state index contributed by atoms with van der Waals surface area (Å²) in [7, 11) is 0. The van der Waals surface area contributed by atoms with Gasteiger partial charge in [-0.1, -0.05) is 0 Å². The molecular formula is C18H12BrF3N6O2S. The highest BCUT2D eigenvalue weighted by molar-refractivity contribution is 9.10. The van der Waals surface area contributed by atoms with Crippen LogP contribution in [0.25, 0.3) is 22.3 Å². The van der Waals surface area contributed by atoms with E-state index in [2.05, 4.69) is 41.4 Å². The minimum atomic E-state index is -3.26. The Balaban J connectivity index is 1.66. The lowest BCUT2D eigenvalue weighted by atomic mass is 10.2. The Morgan fingerprint density at radius 1 is 1.29 bits per heavy atom. The van der Waals surface area contributed by atoms with E-state index in [0.29, 0.717) is 26.2 Å². The van der Waals surface area contributed by atoms with Gasteiger partial charge in [-0.15, -0.1) is 11.3 Å². The van der Waals surface area contributed by atoms with Crippen molar-refractivity contribution in [1.82, 2.24) is 24.7 Å². The maximum atomic E-state index is 13.8. The molecule has 160 valence electrons. The van der Waals surface area contributed by atoms with Gasteiger partial charge in [-0.2, -0.15) is 5.10 Å². The van der Waals surface area contributed by atoms with Crippen LogP contribution in [0.5, 0.6) is 0 Å². The van der Waals surface area contributed by atoms with Crippen LogP contribution in [0.2, 0.25) is 0 Å². The van der Waals surface area contributed by atoms with E-state index in [1.165, 1.54) is 36.0 Å². The Kier molecular flexibility index (Phi) is 5.87. The number of halogens is 4. The third kappa shape index (κ3) is 4.23. The van der Waals surface area contributed by atoms with Gasteiger partial charge in [-0.05, 0) is 28.1 Å². The Hall–Kier alpha value is -3.06. The number of aromatic nitrogens is 5. The lowest BCUT2D eigenvalue weighted by Crippen LogP contribution is -2.27. The fourth-order valence-electron chi connectivity index (χ4n) is 2.93. The maximum Gasteiger partial charge on any atom is 0.275 e. The zero-order valence-corrected chi connectivity index (χ0v) is 17.8. The van der Waals surface area contributed by atoms with Gasteiger partial charge >= 0.3 is 0 Å². The summed E-state index contributed by atoms with van der Waals surface area (Å²) in [5.74, 6) is -0.115. The zero-order valence-electron chi connectivity index (χ0n) is 15.4. The van der Waals surface area contributed by atoms with Crippen molar-refractivity contribution >= 4 is 49.1 Å². The molecule has 31 heavy (non-hydrogen) atoms. The smallest absolute Gasteiger partial charge is 0.275 e. The number of pyridine rings is 2. The molecule has 8 nitrogen and oxygen atoms in total. The van der Waals surface area contributed by atoms with Gasteiger partial charge in [-0.3, -0.25) is 24.2 Å². The van der Waals surface area contributed by atoms with E-state index in [-0.39, 0.29) is 5.52 Å². The Bertz CT molecular complexity index is 1310. The number of aromatic amines is 1. The number of H-pyrrole nitrogens is 1. The summed E-state index contributed by atoms with van der Waals surface area (Å²) in [5.41, 5.74) is -0.351. The Morgan fingerprint density at radius 2 is 2.10 bits per heavy atom. The summed E-state index contributed by atoms with van der Waals surface area (Å²) < 4.78 is 41.0. The number of rotatable bonds is 6. The van der Waals surface area contributed by atoms with Gasteiger partial charge in [0.15, 0.2) is 5.82 Å². The van der Waals surface area contributed by atoms with Crippen molar-refractivity contribution < 1.29 is 18.0 Å². The van der Waals surface area contributed by atoms with Crippen LogP contribution in [-0.4, -0.2) is 37.1 Å². The molecule has 0 saturated carbocycles. The third-order valence-corrected chi connectivity index (χ3v) is 6.18. The fourth-order valence-corrected chi connectivity index (χ4v) is 4.57. The summed E-state index contributed by atoms with van der Waals surface area (Å²) in [5, 5.41) is 11.8. The monoisotopic (exact) mass is 512 g/mol. The largest absolute Gasteiger partial charge is 0.315 e. The third-order valence-electron chi connectivity index (χ3n) is 4.35. The molecule has 4 heterocycles. The van der Waals surface area contributed by atoms with E-state index in [0.717, 1.165) is 10.6 Å². The molecule has 0 spiro atoms. The number of hydrogen-bond acceptors (Lipinski definition) is 6. The molecule has 0 aromatic carbocycles. The predicted octanol–water partition coefficient (Wildman–Crippen LogP) is 3.92. The zero-order chi connectivity index (χ0) is 22.1. The molecule has 0 fully saturated rings. The Labute approximate surface area is 184 Å². The maximum absolute atomic E-state index is 13.8. The molecule has 1 amide bonds. The molecular weight excluding hydrogens is 501 g/mol. The van der Waals surface area contributed by atoms with E-state index < -0.39 is 36.3 Å². The van der Waals surface area contributed by atoms with Crippen molar-refractivity contribution in [2.24, 2.45) is 0 Å².